The molecule has 2 rings (SSSR count). The fraction of sp³-hybridized carbons (Fsp3) is 0.769. The van der Waals surface area contributed by atoms with Gasteiger partial charge in [-0.2, -0.15) is 5.10 Å². The second-order valence-electron chi connectivity index (χ2n) is 5.35. The van der Waals surface area contributed by atoms with Crippen molar-refractivity contribution in [3.8, 4) is 0 Å². The first kappa shape index (κ1) is 12.4. The minimum Gasteiger partial charge on any atom is -0.381 e. The zero-order valence-electron chi connectivity index (χ0n) is 11.2. The summed E-state index contributed by atoms with van der Waals surface area (Å²) in [5.41, 5.74) is 2.34. The Hall–Kier alpha value is -1.03. The summed E-state index contributed by atoms with van der Waals surface area (Å²) >= 11 is 0. The van der Waals surface area contributed by atoms with Crippen molar-refractivity contribution >= 4 is 5.69 Å². The molecule has 0 saturated carbocycles. The van der Waals surface area contributed by atoms with Gasteiger partial charge in [0.15, 0.2) is 0 Å². The van der Waals surface area contributed by atoms with E-state index >= 15 is 0 Å². The molecule has 1 N–H and O–H groups in total. The number of nitrogens with zero attached hydrogens (tertiary/aromatic N) is 2. The van der Waals surface area contributed by atoms with Gasteiger partial charge in [-0.15, -0.1) is 0 Å². The number of ether oxygens (including phenoxy) is 1. The summed E-state index contributed by atoms with van der Waals surface area (Å²) in [7, 11) is 1.98. The third-order valence-electron chi connectivity index (χ3n) is 3.39. The molecule has 1 aromatic heterocycles. The van der Waals surface area contributed by atoms with E-state index in [1.165, 1.54) is 5.69 Å². The van der Waals surface area contributed by atoms with Crippen molar-refractivity contribution in [1.82, 2.24) is 9.78 Å². The smallest absolute Gasteiger partial charge is 0.0881 e. The number of aryl methyl sites for hydroxylation is 1. The third-order valence-corrected chi connectivity index (χ3v) is 3.39. The van der Waals surface area contributed by atoms with Gasteiger partial charge in [-0.25, -0.2) is 0 Å². The lowest BCUT2D eigenvalue weighted by Gasteiger charge is -2.30. The van der Waals surface area contributed by atoms with Gasteiger partial charge in [0.25, 0.3) is 0 Å². The average Bonchev–Trinajstić information content (AvgIpc) is 2.63. The number of aromatic nitrogens is 2. The molecule has 2 unspecified atom stereocenters. The van der Waals surface area contributed by atoms with E-state index in [0.29, 0.717) is 17.9 Å². The van der Waals surface area contributed by atoms with Crippen molar-refractivity contribution < 1.29 is 4.74 Å². The van der Waals surface area contributed by atoms with Crippen LogP contribution >= 0.6 is 0 Å². The van der Waals surface area contributed by atoms with E-state index in [2.05, 4.69) is 37.4 Å². The number of hydrogen-bond acceptors (Lipinski definition) is 3. The molecule has 2 atom stereocenters. The molecule has 4 heteroatoms. The van der Waals surface area contributed by atoms with Crippen LogP contribution in [0.1, 0.15) is 38.8 Å². The Morgan fingerprint density at radius 3 is 2.94 bits per heavy atom. The van der Waals surface area contributed by atoms with E-state index in [0.717, 1.165) is 25.3 Å². The number of anilines is 1. The summed E-state index contributed by atoms with van der Waals surface area (Å²) in [5, 5.41) is 8.16. The van der Waals surface area contributed by atoms with Crippen LogP contribution in [0.15, 0.2) is 6.20 Å². The van der Waals surface area contributed by atoms with Gasteiger partial charge >= 0.3 is 0 Å². The summed E-state index contributed by atoms with van der Waals surface area (Å²) in [6, 6.07) is 0.505. The highest BCUT2D eigenvalue weighted by atomic mass is 16.5. The highest BCUT2D eigenvalue weighted by molar-refractivity contribution is 5.48. The maximum atomic E-state index is 5.47. The first-order valence-electron chi connectivity index (χ1n) is 6.45. The van der Waals surface area contributed by atoms with E-state index in [4.69, 9.17) is 4.74 Å². The molecule has 4 nitrogen and oxygen atoms in total. The molecule has 1 fully saturated rings. The summed E-state index contributed by atoms with van der Waals surface area (Å²) in [5.74, 6) is 1.01. The molecule has 17 heavy (non-hydrogen) atoms. The molecular weight excluding hydrogens is 214 g/mol. The molecule has 0 amide bonds. The van der Waals surface area contributed by atoms with E-state index in [-0.39, 0.29) is 0 Å². The normalized spacial score (nSPS) is 25.2. The minimum atomic E-state index is 0.453. The minimum absolute atomic E-state index is 0.453. The Morgan fingerprint density at radius 2 is 2.29 bits per heavy atom. The second kappa shape index (κ2) is 5.08. The van der Waals surface area contributed by atoms with Crippen LogP contribution < -0.4 is 5.32 Å². The van der Waals surface area contributed by atoms with Gasteiger partial charge < -0.3 is 10.1 Å². The van der Waals surface area contributed by atoms with Crippen LogP contribution in [0.5, 0.6) is 0 Å². The van der Waals surface area contributed by atoms with Crippen molar-refractivity contribution in [2.24, 2.45) is 13.0 Å². The molecule has 1 aliphatic rings. The van der Waals surface area contributed by atoms with E-state index < -0.39 is 0 Å². The SMILES string of the molecule is CC(C)c1nn(C)cc1NC1CCOCC1C. The van der Waals surface area contributed by atoms with E-state index in [9.17, 15) is 0 Å². The predicted octanol–water partition coefficient (Wildman–Crippen LogP) is 2.38. The maximum absolute atomic E-state index is 5.47. The zero-order chi connectivity index (χ0) is 12.4. The topological polar surface area (TPSA) is 39.1 Å². The van der Waals surface area contributed by atoms with Crippen molar-refractivity contribution in [2.45, 2.75) is 39.2 Å². The van der Waals surface area contributed by atoms with Crippen LogP contribution in [0.3, 0.4) is 0 Å². The monoisotopic (exact) mass is 237 g/mol. The van der Waals surface area contributed by atoms with Gasteiger partial charge in [-0.3, -0.25) is 4.68 Å². The Morgan fingerprint density at radius 1 is 1.53 bits per heavy atom. The standard InChI is InChI=1S/C13H23N3O/c1-9(2)13-12(7-16(4)15-13)14-11-5-6-17-8-10(11)3/h7,9-11,14H,5-6,8H2,1-4H3. The number of rotatable bonds is 3. The molecule has 1 aliphatic heterocycles. The first-order valence-corrected chi connectivity index (χ1v) is 6.45. The predicted molar refractivity (Wildman–Crippen MR) is 69.3 cm³/mol. The summed E-state index contributed by atoms with van der Waals surface area (Å²) in [4.78, 5) is 0. The molecule has 0 aliphatic carbocycles. The van der Waals surface area contributed by atoms with Crippen LogP contribution in [0.25, 0.3) is 0 Å². The van der Waals surface area contributed by atoms with Crippen molar-refractivity contribution in [1.29, 1.82) is 0 Å². The highest BCUT2D eigenvalue weighted by Gasteiger charge is 2.23. The fourth-order valence-corrected chi connectivity index (χ4v) is 2.34. The van der Waals surface area contributed by atoms with Crippen LogP contribution in [0, 0.1) is 5.92 Å². The lowest BCUT2D eigenvalue weighted by molar-refractivity contribution is 0.0537. The first-order chi connectivity index (χ1) is 8.08. The summed E-state index contributed by atoms with van der Waals surface area (Å²) in [6.45, 7) is 8.32. The molecule has 2 heterocycles. The van der Waals surface area contributed by atoms with Gasteiger partial charge in [0.2, 0.25) is 0 Å². The molecule has 0 bridgehead atoms. The molecule has 96 valence electrons. The fourth-order valence-electron chi connectivity index (χ4n) is 2.34. The van der Waals surface area contributed by atoms with Crippen molar-refractivity contribution in [3.63, 3.8) is 0 Å². The van der Waals surface area contributed by atoms with Gasteiger partial charge in [-0.05, 0) is 18.3 Å². The number of hydrogen-bond donors (Lipinski definition) is 1. The molecule has 0 aromatic carbocycles. The van der Waals surface area contributed by atoms with Crippen LogP contribution in [-0.4, -0.2) is 29.0 Å². The largest absolute Gasteiger partial charge is 0.381 e. The molecular formula is C13H23N3O. The quantitative estimate of drug-likeness (QED) is 0.877. The van der Waals surface area contributed by atoms with Crippen molar-refractivity contribution in [3.05, 3.63) is 11.9 Å². The Kier molecular flexibility index (Phi) is 3.72. The number of nitrogens with one attached hydrogen (secondary N) is 1. The van der Waals surface area contributed by atoms with Gasteiger partial charge in [0.1, 0.15) is 0 Å². The Labute approximate surface area is 103 Å². The summed E-state index contributed by atoms with van der Waals surface area (Å²) < 4.78 is 7.36. The van der Waals surface area contributed by atoms with Gasteiger partial charge in [0.05, 0.1) is 18.0 Å². The van der Waals surface area contributed by atoms with Crippen LogP contribution in [0.4, 0.5) is 5.69 Å². The van der Waals surface area contributed by atoms with E-state index in [1.807, 2.05) is 11.7 Å². The maximum Gasteiger partial charge on any atom is 0.0881 e. The van der Waals surface area contributed by atoms with E-state index in [1.54, 1.807) is 0 Å². The van der Waals surface area contributed by atoms with Crippen LogP contribution in [-0.2, 0) is 11.8 Å². The average molecular weight is 237 g/mol. The van der Waals surface area contributed by atoms with Gasteiger partial charge in [-0.1, -0.05) is 20.8 Å². The van der Waals surface area contributed by atoms with Crippen molar-refractivity contribution in [2.75, 3.05) is 18.5 Å². The lowest BCUT2D eigenvalue weighted by Crippen LogP contribution is -2.36. The third kappa shape index (κ3) is 2.80. The highest BCUT2D eigenvalue weighted by Crippen LogP contribution is 2.26. The van der Waals surface area contributed by atoms with Gasteiger partial charge in [0, 0.05) is 25.9 Å². The Bertz CT molecular complexity index is 373. The molecule has 0 radical (unpaired) electrons. The zero-order valence-corrected chi connectivity index (χ0v) is 11.2. The Balaban J connectivity index is 2.11. The second-order valence-corrected chi connectivity index (χ2v) is 5.35. The molecule has 1 aromatic rings. The lowest BCUT2D eigenvalue weighted by atomic mass is 9.97. The van der Waals surface area contributed by atoms with Crippen LogP contribution in [0.2, 0.25) is 0 Å². The molecule has 1 saturated heterocycles. The molecule has 0 spiro atoms. The summed E-state index contributed by atoms with van der Waals surface area (Å²) in [6.07, 6.45) is 3.16.